The lowest BCUT2D eigenvalue weighted by Crippen LogP contribution is -2.32. The molecule has 1 aromatic carbocycles. The summed E-state index contributed by atoms with van der Waals surface area (Å²) >= 11 is 3.19. The highest BCUT2D eigenvalue weighted by Crippen LogP contribution is 2.34. The molecule has 8 nitrogen and oxygen atoms in total. The second-order valence-electron chi connectivity index (χ2n) is 3.82. The van der Waals surface area contributed by atoms with Crippen molar-refractivity contribution in [2.45, 2.75) is 0 Å². The number of carbonyl (C=O) groups is 1. The van der Waals surface area contributed by atoms with Crippen LogP contribution >= 0.6 is 15.9 Å². The second-order valence-corrected chi connectivity index (χ2v) is 4.68. The molecular weight excluding hydrogens is 342 g/mol. The smallest absolute Gasteiger partial charge is 0.277 e. The van der Waals surface area contributed by atoms with Crippen molar-refractivity contribution in [3.05, 3.63) is 34.4 Å². The molecule has 0 radical (unpaired) electrons. The second kappa shape index (κ2) is 6.27. The molecule has 2 rings (SSSR count). The zero-order valence-corrected chi connectivity index (χ0v) is 12.5. The molecular formula is C12H10BrN5O3. The Kier molecular flexibility index (Phi) is 4.43. The number of phenolic OH excluding ortho intramolecular Hbond substituents is 1. The maximum Gasteiger partial charge on any atom is 0.277 e. The number of azo groups is 1. The van der Waals surface area contributed by atoms with E-state index in [2.05, 4.69) is 48.3 Å². The molecule has 9 heteroatoms. The fraction of sp³-hybridized carbons (Fsp3) is 0.0833. The molecule has 0 aliphatic carbocycles. The molecule has 21 heavy (non-hydrogen) atoms. The van der Waals surface area contributed by atoms with Crippen molar-refractivity contribution in [1.29, 1.82) is 0 Å². The third-order valence-corrected chi connectivity index (χ3v) is 2.99. The number of nitrogens with zero attached hydrogens (tertiary/aromatic N) is 4. The van der Waals surface area contributed by atoms with Gasteiger partial charge in [-0.05, 0) is 33.6 Å². The Labute approximate surface area is 128 Å². The summed E-state index contributed by atoms with van der Waals surface area (Å²) < 4.78 is 5.47. The summed E-state index contributed by atoms with van der Waals surface area (Å²) in [6.45, 7) is 3.39. The average molecular weight is 352 g/mol. The van der Waals surface area contributed by atoms with Crippen molar-refractivity contribution >= 4 is 34.0 Å². The SMILES string of the molecule is C=C1N=N/C(=N/N=C/c2cc(Br)c(O)c(OC)c2)NC1=O. The number of ether oxygens (including phenoxy) is 1. The minimum atomic E-state index is -0.479. The number of benzene rings is 1. The van der Waals surface area contributed by atoms with Crippen LogP contribution < -0.4 is 10.1 Å². The Balaban J connectivity index is 2.19. The lowest BCUT2D eigenvalue weighted by molar-refractivity contribution is -0.116. The number of hydrogen-bond acceptors (Lipinski definition) is 6. The van der Waals surface area contributed by atoms with Crippen LogP contribution in [0.25, 0.3) is 0 Å². The molecule has 0 atom stereocenters. The van der Waals surface area contributed by atoms with Gasteiger partial charge in [0.15, 0.2) is 11.5 Å². The third-order valence-electron chi connectivity index (χ3n) is 2.38. The number of aromatic hydroxyl groups is 1. The normalized spacial score (nSPS) is 16.6. The molecule has 0 spiro atoms. The van der Waals surface area contributed by atoms with Crippen molar-refractivity contribution < 1.29 is 14.6 Å². The number of guanidine groups is 1. The van der Waals surface area contributed by atoms with E-state index in [1.165, 1.54) is 13.3 Å². The number of carbonyl (C=O) groups excluding carboxylic acids is 1. The standard InChI is InChI=1S/C12H10BrN5O3/c1-6-11(20)15-12(18-16-6)17-14-5-7-3-8(13)10(19)9(4-7)21-2/h3-5,19H,1H2,2H3,(H,15,17,20)/b14-5+. The number of nitrogens with one attached hydrogen (secondary N) is 1. The lowest BCUT2D eigenvalue weighted by atomic mass is 10.2. The molecule has 1 heterocycles. The molecule has 0 saturated carbocycles. The number of hydrogen-bond donors (Lipinski definition) is 2. The zero-order valence-electron chi connectivity index (χ0n) is 10.9. The van der Waals surface area contributed by atoms with E-state index in [0.717, 1.165) is 0 Å². The fourth-order valence-electron chi connectivity index (χ4n) is 1.37. The van der Waals surface area contributed by atoms with Gasteiger partial charge in [-0.2, -0.15) is 5.10 Å². The van der Waals surface area contributed by atoms with E-state index in [-0.39, 0.29) is 17.4 Å². The van der Waals surface area contributed by atoms with Gasteiger partial charge in [0.25, 0.3) is 11.9 Å². The van der Waals surface area contributed by atoms with Crippen LogP contribution in [0.2, 0.25) is 0 Å². The molecule has 1 amide bonds. The Morgan fingerprint density at radius 2 is 2.24 bits per heavy atom. The summed E-state index contributed by atoms with van der Waals surface area (Å²) in [5.74, 6) is -0.227. The largest absolute Gasteiger partial charge is 0.503 e. The van der Waals surface area contributed by atoms with E-state index in [1.54, 1.807) is 12.1 Å². The van der Waals surface area contributed by atoms with E-state index in [0.29, 0.717) is 15.8 Å². The van der Waals surface area contributed by atoms with Gasteiger partial charge in [-0.25, -0.2) is 0 Å². The Hall–Kier alpha value is -2.55. The van der Waals surface area contributed by atoms with Crippen LogP contribution in [0, 0.1) is 0 Å². The van der Waals surface area contributed by atoms with Crippen molar-refractivity contribution in [3.63, 3.8) is 0 Å². The number of methoxy groups -OCH3 is 1. The van der Waals surface area contributed by atoms with Crippen LogP contribution in [0.5, 0.6) is 11.5 Å². The Morgan fingerprint density at radius 1 is 1.48 bits per heavy atom. The fourth-order valence-corrected chi connectivity index (χ4v) is 1.83. The highest BCUT2D eigenvalue weighted by molar-refractivity contribution is 9.10. The minimum absolute atomic E-state index is 0.00475. The summed E-state index contributed by atoms with van der Waals surface area (Å²) in [4.78, 5) is 11.3. The maximum absolute atomic E-state index is 11.3. The molecule has 1 aliphatic heterocycles. The van der Waals surface area contributed by atoms with Crippen molar-refractivity contribution in [2.75, 3.05) is 7.11 Å². The van der Waals surface area contributed by atoms with Gasteiger partial charge in [0, 0.05) is 0 Å². The van der Waals surface area contributed by atoms with E-state index in [4.69, 9.17) is 4.74 Å². The quantitative estimate of drug-likeness (QED) is 0.493. The van der Waals surface area contributed by atoms with Gasteiger partial charge in [-0.3, -0.25) is 10.1 Å². The molecule has 0 unspecified atom stereocenters. The summed E-state index contributed by atoms with van der Waals surface area (Å²) in [5.41, 5.74) is 0.634. The van der Waals surface area contributed by atoms with Crippen molar-refractivity contribution in [2.24, 2.45) is 20.4 Å². The van der Waals surface area contributed by atoms with Gasteiger partial charge in [-0.15, -0.1) is 15.3 Å². The van der Waals surface area contributed by atoms with Crippen LogP contribution in [0.3, 0.4) is 0 Å². The first kappa shape index (κ1) is 14.9. The average Bonchev–Trinajstić information content (AvgIpc) is 2.46. The summed E-state index contributed by atoms with van der Waals surface area (Å²) in [7, 11) is 1.44. The highest BCUT2D eigenvalue weighted by atomic mass is 79.9. The first-order valence-corrected chi connectivity index (χ1v) is 6.40. The van der Waals surface area contributed by atoms with E-state index >= 15 is 0 Å². The summed E-state index contributed by atoms with van der Waals surface area (Å²) in [5, 5.41) is 26.7. The number of halogens is 1. The van der Waals surface area contributed by atoms with Gasteiger partial charge < -0.3 is 9.84 Å². The first-order valence-electron chi connectivity index (χ1n) is 5.61. The van der Waals surface area contributed by atoms with Crippen LogP contribution in [-0.4, -0.2) is 30.3 Å². The first-order chi connectivity index (χ1) is 10.0. The molecule has 0 bridgehead atoms. The minimum Gasteiger partial charge on any atom is -0.503 e. The van der Waals surface area contributed by atoms with Crippen LogP contribution in [0.15, 0.2) is 49.3 Å². The van der Waals surface area contributed by atoms with Gasteiger partial charge >= 0.3 is 0 Å². The van der Waals surface area contributed by atoms with Crippen LogP contribution in [0.4, 0.5) is 0 Å². The topological polar surface area (TPSA) is 108 Å². The number of rotatable bonds is 3. The highest BCUT2D eigenvalue weighted by Gasteiger charge is 2.14. The monoisotopic (exact) mass is 351 g/mol. The molecule has 2 N–H and O–H groups in total. The van der Waals surface area contributed by atoms with Crippen LogP contribution in [-0.2, 0) is 4.79 Å². The van der Waals surface area contributed by atoms with Crippen molar-refractivity contribution in [3.8, 4) is 11.5 Å². The molecule has 0 saturated heterocycles. The Bertz CT molecular complexity index is 696. The van der Waals surface area contributed by atoms with Gasteiger partial charge in [-0.1, -0.05) is 6.58 Å². The van der Waals surface area contributed by atoms with E-state index in [1.807, 2.05) is 0 Å². The Morgan fingerprint density at radius 3 is 2.90 bits per heavy atom. The van der Waals surface area contributed by atoms with Crippen molar-refractivity contribution in [1.82, 2.24) is 5.32 Å². The zero-order chi connectivity index (χ0) is 15.4. The summed E-state index contributed by atoms with van der Waals surface area (Å²) in [6.07, 6.45) is 1.41. The van der Waals surface area contributed by atoms with Gasteiger partial charge in [0.2, 0.25) is 0 Å². The molecule has 0 fully saturated rings. The number of amides is 1. The maximum atomic E-state index is 11.3. The molecule has 1 aromatic rings. The van der Waals surface area contributed by atoms with Crippen LogP contribution in [0.1, 0.15) is 5.56 Å². The molecule has 0 aromatic heterocycles. The van der Waals surface area contributed by atoms with Gasteiger partial charge in [0.05, 0.1) is 17.8 Å². The van der Waals surface area contributed by atoms with Gasteiger partial charge in [0.1, 0.15) is 5.70 Å². The molecule has 1 aliphatic rings. The van der Waals surface area contributed by atoms with E-state index in [9.17, 15) is 9.90 Å². The predicted molar refractivity (Wildman–Crippen MR) is 79.5 cm³/mol. The lowest BCUT2D eigenvalue weighted by Gasteiger charge is -2.06. The van der Waals surface area contributed by atoms with E-state index < -0.39 is 5.91 Å². The predicted octanol–water partition coefficient (Wildman–Crippen LogP) is 1.95. The summed E-state index contributed by atoms with van der Waals surface area (Å²) in [6, 6.07) is 3.21. The molecule has 108 valence electrons. The third kappa shape index (κ3) is 3.51. The number of phenols is 1.